The van der Waals surface area contributed by atoms with Crippen molar-refractivity contribution in [3.8, 4) is 0 Å². The van der Waals surface area contributed by atoms with Crippen LogP contribution in [-0.4, -0.2) is 49.9 Å². The summed E-state index contributed by atoms with van der Waals surface area (Å²) in [4.78, 5) is 31.4. The number of unbranched alkanes of at least 4 members (excludes halogenated alkanes) is 1. The molecule has 1 N–H and O–H groups in total. The van der Waals surface area contributed by atoms with Crippen molar-refractivity contribution in [2.45, 2.75) is 53.4 Å². The Morgan fingerprint density at radius 1 is 0.973 bits per heavy atom. The molecule has 1 rings (SSSR count). The topological polar surface area (TPSA) is 99.1 Å². The largest absolute Gasteiger partial charge is 0.466 e. The second-order valence-electron chi connectivity index (χ2n) is 7.78. The molecular formula is C30H46O7. The van der Waals surface area contributed by atoms with Gasteiger partial charge >= 0.3 is 17.9 Å². The zero-order valence-electron chi connectivity index (χ0n) is 23.3. The molecule has 0 aliphatic heterocycles. The summed E-state index contributed by atoms with van der Waals surface area (Å²) in [6.07, 6.45) is 7.68. The number of methoxy groups -OCH3 is 1. The molecule has 208 valence electrons. The first-order chi connectivity index (χ1) is 17.5. The number of carbonyl (C=O) groups excluding carboxylic acids is 3. The molecule has 0 heterocycles. The average Bonchev–Trinajstić information content (AvgIpc) is 2.92. The fraction of sp³-hybridized carbons (Fsp3) is 0.433. The van der Waals surface area contributed by atoms with Crippen LogP contribution in [0.15, 0.2) is 73.9 Å². The maximum Gasteiger partial charge on any atom is 0.333 e. The minimum Gasteiger partial charge on any atom is -0.466 e. The van der Waals surface area contributed by atoms with Crippen molar-refractivity contribution in [2.24, 2.45) is 5.92 Å². The third-order valence-electron chi connectivity index (χ3n) is 4.41. The van der Waals surface area contributed by atoms with Gasteiger partial charge in [0.2, 0.25) is 0 Å². The van der Waals surface area contributed by atoms with Crippen LogP contribution >= 0.6 is 0 Å². The maximum atomic E-state index is 10.8. The van der Waals surface area contributed by atoms with Crippen LogP contribution in [0, 0.1) is 5.92 Å². The van der Waals surface area contributed by atoms with Crippen LogP contribution in [0.5, 0.6) is 0 Å². The summed E-state index contributed by atoms with van der Waals surface area (Å²) in [5.74, 6) is -0.595. The number of aliphatic hydroxyl groups excluding tert-OH is 1. The molecule has 0 spiro atoms. The van der Waals surface area contributed by atoms with Crippen LogP contribution in [-0.2, 0) is 28.6 Å². The lowest BCUT2D eigenvalue weighted by Crippen LogP contribution is -2.12. The summed E-state index contributed by atoms with van der Waals surface area (Å²) in [5.41, 5.74) is 1.96. The lowest BCUT2D eigenvalue weighted by molar-refractivity contribution is -0.140. The minimum absolute atomic E-state index is 0.0473. The van der Waals surface area contributed by atoms with E-state index in [1.165, 1.54) is 31.6 Å². The molecule has 0 aliphatic carbocycles. The SMILES string of the molecule is C=C(C)C(=O)OC.C=C(C)C(=O)OCCO.C=CC(=O)OCC(CC)CCCC.C=Cc1ccccc1. The van der Waals surface area contributed by atoms with Gasteiger partial charge in [0.05, 0.1) is 20.3 Å². The van der Waals surface area contributed by atoms with E-state index in [4.69, 9.17) is 9.84 Å². The molecule has 0 radical (unpaired) electrons. The highest BCUT2D eigenvalue weighted by atomic mass is 16.5. The third-order valence-corrected chi connectivity index (χ3v) is 4.41. The van der Waals surface area contributed by atoms with Gasteiger partial charge in [-0.15, -0.1) is 0 Å². The molecule has 0 aromatic heterocycles. The van der Waals surface area contributed by atoms with Crippen LogP contribution in [0.1, 0.15) is 58.9 Å². The molecule has 0 saturated heterocycles. The van der Waals surface area contributed by atoms with E-state index in [-0.39, 0.29) is 25.2 Å². The minimum atomic E-state index is -0.455. The van der Waals surface area contributed by atoms with Gasteiger partial charge in [0.15, 0.2) is 0 Å². The number of hydrogen-bond donors (Lipinski definition) is 1. The third kappa shape index (κ3) is 27.0. The number of hydrogen-bond acceptors (Lipinski definition) is 7. The van der Waals surface area contributed by atoms with Gasteiger partial charge in [-0.05, 0) is 31.7 Å². The zero-order valence-corrected chi connectivity index (χ0v) is 23.3. The number of aliphatic hydroxyl groups is 1. The van der Waals surface area contributed by atoms with Crippen LogP contribution in [0.25, 0.3) is 6.08 Å². The number of carbonyl (C=O) groups is 3. The molecule has 0 aliphatic rings. The van der Waals surface area contributed by atoms with Gasteiger partial charge in [0, 0.05) is 17.2 Å². The Kier molecular flexibility index (Phi) is 27.9. The molecule has 0 saturated carbocycles. The summed E-state index contributed by atoms with van der Waals surface area (Å²) in [7, 11) is 1.33. The first-order valence-electron chi connectivity index (χ1n) is 12.2. The standard InChI is InChI=1S/C11H20O2.C8H8.C6H10O3.C5H8O2/c1-4-7-8-10(5-2)9-13-11(12)6-3;1-2-8-6-4-3-5-7-8;1-5(2)6(8)9-4-3-7;1-4(2)5(6)7-3/h6,10H,3-5,7-9H2,1-2H3;2-7H,1H2;7H,1,3-4H2,2H3;1H2,2-3H3. The number of esters is 3. The summed E-state index contributed by atoms with van der Waals surface area (Å²) in [6.45, 7) is 21.6. The molecule has 7 nitrogen and oxygen atoms in total. The Balaban J connectivity index is -0.000000429. The first-order valence-corrected chi connectivity index (χ1v) is 12.2. The van der Waals surface area contributed by atoms with E-state index in [2.05, 4.69) is 49.6 Å². The molecule has 0 amide bonds. The van der Waals surface area contributed by atoms with Crippen molar-refractivity contribution in [3.63, 3.8) is 0 Å². The van der Waals surface area contributed by atoms with Gasteiger partial charge in [0.25, 0.3) is 0 Å². The van der Waals surface area contributed by atoms with Crippen LogP contribution in [0.4, 0.5) is 0 Å². The van der Waals surface area contributed by atoms with Crippen molar-refractivity contribution >= 4 is 24.0 Å². The number of rotatable bonds is 12. The van der Waals surface area contributed by atoms with E-state index < -0.39 is 5.97 Å². The Morgan fingerprint density at radius 2 is 1.54 bits per heavy atom. The van der Waals surface area contributed by atoms with Gasteiger partial charge < -0.3 is 19.3 Å². The quantitative estimate of drug-likeness (QED) is 0.203. The van der Waals surface area contributed by atoms with Crippen LogP contribution < -0.4 is 0 Å². The lowest BCUT2D eigenvalue weighted by Gasteiger charge is -2.13. The molecule has 1 aromatic carbocycles. The molecule has 1 atom stereocenters. The summed E-state index contributed by atoms with van der Waals surface area (Å²) in [5, 5.41) is 8.19. The van der Waals surface area contributed by atoms with Gasteiger partial charge in [-0.1, -0.05) is 95.8 Å². The maximum absolute atomic E-state index is 10.8. The highest BCUT2D eigenvalue weighted by Crippen LogP contribution is 2.12. The Labute approximate surface area is 223 Å². The lowest BCUT2D eigenvalue weighted by atomic mass is 10.0. The Morgan fingerprint density at radius 3 is 1.86 bits per heavy atom. The Bertz CT molecular complexity index is 797. The van der Waals surface area contributed by atoms with Gasteiger partial charge in [-0.2, -0.15) is 0 Å². The summed E-state index contributed by atoms with van der Waals surface area (Å²) < 4.78 is 13.7. The molecule has 0 bridgehead atoms. The highest BCUT2D eigenvalue weighted by Gasteiger charge is 2.07. The molecule has 37 heavy (non-hydrogen) atoms. The van der Waals surface area contributed by atoms with E-state index in [1.54, 1.807) is 13.8 Å². The van der Waals surface area contributed by atoms with Crippen molar-refractivity contribution in [1.82, 2.24) is 0 Å². The van der Waals surface area contributed by atoms with Crippen LogP contribution in [0.3, 0.4) is 0 Å². The smallest absolute Gasteiger partial charge is 0.333 e. The average molecular weight is 519 g/mol. The van der Waals surface area contributed by atoms with Gasteiger partial charge in [0.1, 0.15) is 6.61 Å². The second-order valence-corrected chi connectivity index (χ2v) is 7.78. The number of ether oxygens (including phenoxy) is 3. The van der Waals surface area contributed by atoms with E-state index >= 15 is 0 Å². The normalized spacial score (nSPS) is 9.68. The van der Waals surface area contributed by atoms with E-state index in [1.807, 2.05) is 36.4 Å². The fourth-order valence-corrected chi connectivity index (χ4v) is 2.18. The van der Waals surface area contributed by atoms with Crippen molar-refractivity contribution < 1.29 is 33.7 Å². The predicted octanol–water partition coefficient (Wildman–Crippen LogP) is 6.10. The Hall–Kier alpha value is -3.45. The van der Waals surface area contributed by atoms with E-state index in [9.17, 15) is 14.4 Å². The van der Waals surface area contributed by atoms with Crippen molar-refractivity contribution in [3.05, 3.63) is 79.4 Å². The fourth-order valence-electron chi connectivity index (χ4n) is 2.18. The summed E-state index contributed by atoms with van der Waals surface area (Å²) >= 11 is 0. The molecular weight excluding hydrogens is 472 g/mol. The molecule has 1 aromatic rings. The molecule has 0 fully saturated rings. The predicted molar refractivity (Wildman–Crippen MR) is 151 cm³/mol. The zero-order chi connectivity index (χ0) is 29.1. The highest BCUT2D eigenvalue weighted by molar-refractivity contribution is 5.87. The van der Waals surface area contributed by atoms with Gasteiger partial charge in [-0.3, -0.25) is 0 Å². The second kappa shape index (κ2) is 27.1. The molecule has 1 unspecified atom stereocenters. The monoisotopic (exact) mass is 518 g/mol. The number of benzene rings is 1. The van der Waals surface area contributed by atoms with Crippen molar-refractivity contribution in [2.75, 3.05) is 26.9 Å². The van der Waals surface area contributed by atoms with Gasteiger partial charge in [-0.25, -0.2) is 14.4 Å². The molecule has 7 heteroatoms. The van der Waals surface area contributed by atoms with Crippen molar-refractivity contribution in [1.29, 1.82) is 0 Å². The van der Waals surface area contributed by atoms with E-state index in [0.29, 0.717) is 23.7 Å². The summed E-state index contributed by atoms with van der Waals surface area (Å²) in [6, 6.07) is 10.0. The first kappa shape index (κ1) is 38.1. The van der Waals surface area contributed by atoms with E-state index in [0.717, 1.165) is 12.8 Å². The van der Waals surface area contributed by atoms with Crippen LogP contribution in [0.2, 0.25) is 0 Å².